The van der Waals surface area contributed by atoms with Gasteiger partial charge in [0, 0.05) is 11.8 Å². The molecule has 0 saturated heterocycles. The van der Waals surface area contributed by atoms with Crippen LogP contribution in [-0.2, 0) is 0 Å². The van der Waals surface area contributed by atoms with Gasteiger partial charge in [-0.15, -0.1) is 0 Å². The standard InChI is InChI=1S/C11H17NO/c1-4-9(3)10-7-6-8-11(12-10)13-5-2/h6-9H,4-5H2,1-3H3. The molecule has 13 heavy (non-hydrogen) atoms. The lowest BCUT2D eigenvalue weighted by Gasteiger charge is -2.09. The molecule has 1 atom stereocenters. The van der Waals surface area contributed by atoms with Crippen molar-refractivity contribution >= 4 is 0 Å². The topological polar surface area (TPSA) is 22.1 Å². The quantitative estimate of drug-likeness (QED) is 0.708. The average Bonchev–Trinajstić information content (AvgIpc) is 2.18. The Morgan fingerprint density at radius 3 is 2.77 bits per heavy atom. The molecule has 0 bridgehead atoms. The van der Waals surface area contributed by atoms with Gasteiger partial charge >= 0.3 is 0 Å². The molecule has 0 radical (unpaired) electrons. The van der Waals surface area contributed by atoms with E-state index in [4.69, 9.17) is 4.74 Å². The summed E-state index contributed by atoms with van der Waals surface area (Å²) < 4.78 is 5.33. The third kappa shape index (κ3) is 2.72. The predicted molar refractivity (Wildman–Crippen MR) is 54.1 cm³/mol. The van der Waals surface area contributed by atoms with Crippen molar-refractivity contribution in [2.75, 3.05) is 6.61 Å². The van der Waals surface area contributed by atoms with Crippen molar-refractivity contribution in [2.45, 2.75) is 33.1 Å². The Labute approximate surface area is 80.0 Å². The van der Waals surface area contributed by atoms with Gasteiger partial charge in [0.05, 0.1) is 6.61 Å². The largest absolute Gasteiger partial charge is 0.478 e. The lowest BCUT2D eigenvalue weighted by molar-refractivity contribution is 0.325. The summed E-state index contributed by atoms with van der Waals surface area (Å²) in [5.41, 5.74) is 1.12. The van der Waals surface area contributed by atoms with E-state index in [0.29, 0.717) is 12.5 Å². The van der Waals surface area contributed by atoms with Crippen LogP contribution in [0.15, 0.2) is 18.2 Å². The molecule has 0 aliphatic heterocycles. The molecule has 2 heteroatoms. The van der Waals surface area contributed by atoms with Gasteiger partial charge < -0.3 is 4.74 Å². The summed E-state index contributed by atoms with van der Waals surface area (Å²) in [6.45, 7) is 6.99. The van der Waals surface area contributed by atoms with Crippen LogP contribution in [0, 0.1) is 0 Å². The molecule has 0 N–H and O–H groups in total. The zero-order valence-electron chi connectivity index (χ0n) is 8.58. The van der Waals surface area contributed by atoms with Gasteiger partial charge in [0.15, 0.2) is 0 Å². The Morgan fingerprint density at radius 2 is 2.15 bits per heavy atom. The Hall–Kier alpha value is -1.05. The lowest BCUT2D eigenvalue weighted by Crippen LogP contribution is -1.99. The second kappa shape index (κ2) is 4.85. The molecule has 0 fully saturated rings. The molecular formula is C11H17NO. The van der Waals surface area contributed by atoms with Crippen molar-refractivity contribution in [3.05, 3.63) is 23.9 Å². The van der Waals surface area contributed by atoms with Crippen molar-refractivity contribution in [3.63, 3.8) is 0 Å². The van der Waals surface area contributed by atoms with Crippen LogP contribution in [0.4, 0.5) is 0 Å². The summed E-state index contributed by atoms with van der Waals surface area (Å²) in [5.74, 6) is 1.25. The van der Waals surface area contributed by atoms with Gasteiger partial charge in [-0.1, -0.05) is 19.9 Å². The van der Waals surface area contributed by atoms with Crippen molar-refractivity contribution in [2.24, 2.45) is 0 Å². The van der Waals surface area contributed by atoms with Gasteiger partial charge in [-0.05, 0) is 25.3 Å². The minimum Gasteiger partial charge on any atom is -0.478 e. The van der Waals surface area contributed by atoms with Gasteiger partial charge in [-0.3, -0.25) is 0 Å². The number of rotatable bonds is 4. The maximum absolute atomic E-state index is 5.33. The van der Waals surface area contributed by atoms with Crippen LogP contribution in [0.3, 0.4) is 0 Å². The molecule has 0 aliphatic carbocycles. The molecule has 0 aromatic carbocycles. The van der Waals surface area contributed by atoms with E-state index in [1.54, 1.807) is 0 Å². The monoisotopic (exact) mass is 179 g/mol. The maximum atomic E-state index is 5.33. The third-order valence-corrected chi connectivity index (χ3v) is 2.15. The number of pyridine rings is 1. The van der Waals surface area contributed by atoms with E-state index >= 15 is 0 Å². The molecule has 72 valence electrons. The second-order valence-electron chi connectivity index (χ2n) is 3.14. The first-order valence-electron chi connectivity index (χ1n) is 4.87. The first kappa shape index (κ1) is 10.0. The van der Waals surface area contributed by atoms with Gasteiger partial charge in [0.1, 0.15) is 0 Å². The fourth-order valence-electron chi connectivity index (χ4n) is 1.14. The van der Waals surface area contributed by atoms with E-state index in [2.05, 4.69) is 24.9 Å². The molecular weight excluding hydrogens is 162 g/mol. The van der Waals surface area contributed by atoms with Crippen molar-refractivity contribution in [1.82, 2.24) is 4.98 Å². The summed E-state index contributed by atoms with van der Waals surface area (Å²) >= 11 is 0. The first-order chi connectivity index (χ1) is 6.27. The molecule has 0 spiro atoms. The van der Waals surface area contributed by atoms with Crippen LogP contribution in [0.5, 0.6) is 5.88 Å². The highest BCUT2D eigenvalue weighted by Crippen LogP contribution is 2.18. The van der Waals surface area contributed by atoms with E-state index in [1.807, 2.05) is 19.1 Å². The van der Waals surface area contributed by atoms with Crippen molar-refractivity contribution < 1.29 is 4.74 Å². The van der Waals surface area contributed by atoms with Crippen LogP contribution in [0.25, 0.3) is 0 Å². The summed E-state index contributed by atoms with van der Waals surface area (Å²) in [4.78, 5) is 4.41. The fraction of sp³-hybridized carbons (Fsp3) is 0.545. The molecule has 1 aromatic heterocycles. The smallest absolute Gasteiger partial charge is 0.213 e. The number of hydrogen-bond acceptors (Lipinski definition) is 2. The van der Waals surface area contributed by atoms with Gasteiger partial charge in [-0.25, -0.2) is 4.98 Å². The van der Waals surface area contributed by atoms with E-state index in [0.717, 1.165) is 18.0 Å². The number of hydrogen-bond donors (Lipinski definition) is 0. The lowest BCUT2D eigenvalue weighted by atomic mass is 10.0. The number of aromatic nitrogens is 1. The van der Waals surface area contributed by atoms with Crippen LogP contribution in [0.2, 0.25) is 0 Å². The minimum absolute atomic E-state index is 0.514. The Bertz CT molecular complexity index is 260. The van der Waals surface area contributed by atoms with E-state index in [-0.39, 0.29) is 0 Å². The normalized spacial score (nSPS) is 12.5. The highest BCUT2D eigenvalue weighted by atomic mass is 16.5. The van der Waals surface area contributed by atoms with Crippen LogP contribution < -0.4 is 4.74 Å². The van der Waals surface area contributed by atoms with Crippen LogP contribution in [-0.4, -0.2) is 11.6 Å². The highest BCUT2D eigenvalue weighted by molar-refractivity contribution is 5.18. The van der Waals surface area contributed by atoms with Crippen molar-refractivity contribution in [1.29, 1.82) is 0 Å². The van der Waals surface area contributed by atoms with Crippen LogP contribution >= 0.6 is 0 Å². The molecule has 0 aliphatic rings. The summed E-state index contributed by atoms with van der Waals surface area (Å²) in [6.07, 6.45) is 1.11. The Morgan fingerprint density at radius 1 is 1.38 bits per heavy atom. The Balaban J connectivity index is 2.78. The van der Waals surface area contributed by atoms with Gasteiger partial charge in [-0.2, -0.15) is 0 Å². The molecule has 2 nitrogen and oxygen atoms in total. The zero-order chi connectivity index (χ0) is 9.68. The first-order valence-corrected chi connectivity index (χ1v) is 4.87. The fourth-order valence-corrected chi connectivity index (χ4v) is 1.14. The average molecular weight is 179 g/mol. The summed E-state index contributed by atoms with van der Waals surface area (Å²) in [5, 5.41) is 0. The SMILES string of the molecule is CCOc1cccc(C(C)CC)n1. The van der Waals surface area contributed by atoms with Crippen LogP contribution in [0.1, 0.15) is 38.8 Å². The summed E-state index contributed by atoms with van der Waals surface area (Å²) in [6, 6.07) is 5.95. The Kier molecular flexibility index (Phi) is 3.74. The summed E-state index contributed by atoms with van der Waals surface area (Å²) in [7, 11) is 0. The third-order valence-electron chi connectivity index (χ3n) is 2.15. The number of ether oxygens (including phenoxy) is 1. The maximum Gasteiger partial charge on any atom is 0.213 e. The van der Waals surface area contributed by atoms with Crippen molar-refractivity contribution in [3.8, 4) is 5.88 Å². The predicted octanol–water partition coefficient (Wildman–Crippen LogP) is 2.99. The zero-order valence-corrected chi connectivity index (χ0v) is 8.58. The van der Waals surface area contributed by atoms with Gasteiger partial charge in [0.2, 0.25) is 5.88 Å². The molecule has 1 rings (SSSR count). The van der Waals surface area contributed by atoms with E-state index in [9.17, 15) is 0 Å². The molecule has 0 saturated carbocycles. The number of nitrogens with zero attached hydrogens (tertiary/aromatic N) is 1. The highest BCUT2D eigenvalue weighted by Gasteiger charge is 2.04. The molecule has 0 amide bonds. The molecule has 1 aromatic rings. The van der Waals surface area contributed by atoms with E-state index in [1.165, 1.54) is 0 Å². The minimum atomic E-state index is 0.514. The molecule has 1 unspecified atom stereocenters. The van der Waals surface area contributed by atoms with E-state index < -0.39 is 0 Å². The second-order valence-corrected chi connectivity index (χ2v) is 3.14. The van der Waals surface area contributed by atoms with Gasteiger partial charge in [0.25, 0.3) is 0 Å². The molecule has 1 heterocycles.